The van der Waals surface area contributed by atoms with Crippen LogP contribution in [0.4, 0.5) is 5.82 Å². The predicted molar refractivity (Wildman–Crippen MR) is 104 cm³/mol. The lowest BCUT2D eigenvalue weighted by Gasteiger charge is -2.11. The third-order valence-corrected chi connectivity index (χ3v) is 4.49. The number of aromatic amines is 1. The molecule has 0 aliphatic heterocycles. The monoisotopic (exact) mass is 415 g/mol. The van der Waals surface area contributed by atoms with Crippen molar-refractivity contribution in [2.24, 2.45) is 0 Å². The number of aromatic nitrogens is 2. The van der Waals surface area contributed by atoms with E-state index in [1.807, 2.05) is 31.2 Å². The zero-order valence-electron chi connectivity index (χ0n) is 14.6. The molecule has 7 heteroatoms. The van der Waals surface area contributed by atoms with E-state index in [2.05, 4.69) is 31.4 Å². The normalized spacial score (nSPS) is 10.5. The molecule has 0 aliphatic rings. The molecule has 0 unspecified atom stereocenters. The van der Waals surface area contributed by atoms with Crippen molar-refractivity contribution in [3.63, 3.8) is 0 Å². The lowest BCUT2D eigenvalue weighted by Crippen LogP contribution is -2.14. The minimum atomic E-state index is -0.311. The number of H-pyrrole nitrogens is 1. The summed E-state index contributed by atoms with van der Waals surface area (Å²) in [6.45, 7) is 1.91. The highest BCUT2D eigenvalue weighted by atomic mass is 79.9. The molecular weight excluding hydrogens is 398 g/mol. The Labute approximate surface area is 159 Å². The Bertz CT molecular complexity index is 936. The van der Waals surface area contributed by atoms with Gasteiger partial charge in [0.25, 0.3) is 5.91 Å². The number of carbonyl (C=O) groups excluding carboxylic acids is 1. The number of hydrogen-bond donors (Lipinski definition) is 2. The zero-order chi connectivity index (χ0) is 18.7. The fourth-order valence-corrected chi connectivity index (χ4v) is 2.91. The molecule has 0 spiro atoms. The van der Waals surface area contributed by atoms with Crippen LogP contribution in [0.15, 0.2) is 46.9 Å². The number of amides is 1. The van der Waals surface area contributed by atoms with Crippen LogP contribution in [0.3, 0.4) is 0 Å². The Morgan fingerprint density at radius 1 is 1.12 bits per heavy atom. The number of aryl methyl sites for hydroxylation is 1. The van der Waals surface area contributed by atoms with Gasteiger partial charge in [-0.3, -0.25) is 9.89 Å². The second-order valence-corrected chi connectivity index (χ2v) is 6.52. The number of benzene rings is 2. The average Bonchev–Trinajstić information content (AvgIpc) is 3.02. The van der Waals surface area contributed by atoms with Crippen molar-refractivity contribution < 1.29 is 14.3 Å². The minimum Gasteiger partial charge on any atom is -0.497 e. The molecule has 2 aromatic carbocycles. The summed E-state index contributed by atoms with van der Waals surface area (Å²) in [4.78, 5) is 12.7. The molecule has 1 aromatic heterocycles. The highest BCUT2D eigenvalue weighted by Crippen LogP contribution is 2.31. The highest BCUT2D eigenvalue weighted by Gasteiger charge is 2.18. The third kappa shape index (κ3) is 3.57. The number of hydrogen-bond acceptors (Lipinski definition) is 4. The Balaban J connectivity index is 1.93. The van der Waals surface area contributed by atoms with Crippen LogP contribution in [-0.4, -0.2) is 30.3 Å². The van der Waals surface area contributed by atoms with Crippen molar-refractivity contribution in [1.29, 1.82) is 0 Å². The van der Waals surface area contributed by atoms with Gasteiger partial charge in [0.15, 0.2) is 5.82 Å². The summed E-state index contributed by atoms with van der Waals surface area (Å²) in [6.07, 6.45) is 0. The van der Waals surface area contributed by atoms with Crippen LogP contribution in [-0.2, 0) is 0 Å². The molecule has 2 N–H and O–H groups in total. The summed E-state index contributed by atoms with van der Waals surface area (Å²) < 4.78 is 11.5. The van der Waals surface area contributed by atoms with E-state index in [9.17, 15) is 4.79 Å². The van der Waals surface area contributed by atoms with Gasteiger partial charge in [0.05, 0.1) is 19.8 Å². The van der Waals surface area contributed by atoms with Crippen LogP contribution in [0, 0.1) is 6.92 Å². The molecule has 134 valence electrons. The molecule has 0 fully saturated rings. The molecule has 1 heterocycles. The van der Waals surface area contributed by atoms with Gasteiger partial charge in [0, 0.05) is 21.8 Å². The van der Waals surface area contributed by atoms with Crippen molar-refractivity contribution in [1.82, 2.24) is 10.2 Å². The number of halogens is 1. The van der Waals surface area contributed by atoms with Gasteiger partial charge >= 0.3 is 0 Å². The van der Waals surface area contributed by atoms with Crippen molar-refractivity contribution in [3.8, 4) is 22.6 Å². The quantitative estimate of drug-likeness (QED) is 0.646. The largest absolute Gasteiger partial charge is 0.497 e. The highest BCUT2D eigenvalue weighted by molar-refractivity contribution is 9.10. The van der Waals surface area contributed by atoms with Crippen molar-refractivity contribution in [3.05, 3.63) is 58.2 Å². The molecular formula is C19H18BrN3O3. The van der Waals surface area contributed by atoms with Gasteiger partial charge in [-0.1, -0.05) is 28.1 Å². The molecule has 0 saturated carbocycles. The summed E-state index contributed by atoms with van der Waals surface area (Å²) in [5.41, 5.74) is 3.06. The molecule has 0 saturated heterocycles. The van der Waals surface area contributed by atoms with Crippen LogP contribution in [0.1, 0.15) is 16.1 Å². The van der Waals surface area contributed by atoms with Crippen LogP contribution >= 0.6 is 15.9 Å². The Hall–Kier alpha value is -2.80. The lowest BCUT2D eigenvalue weighted by atomic mass is 10.1. The molecule has 3 rings (SSSR count). The van der Waals surface area contributed by atoms with Gasteiger partial charge in [-0.2, -0.15) is 5.10 Å². The number of methoxy groups -OCH3 is 2. The maximum atomic E-state index is 12.7. The SMILES string of the molecule is COc1ccc(C(=O)Nc2n[nH]c(C)c2-c2ccc(Br)cc2)c(OC)c1. The molecule has 0 bridgehead atoms. The second kappa shape index (κ2) is 7.61. The fourth-order valence-electron chi connectivity index (χ4n) is 2.65. The topological polar surface area (TPSA) is 76.2 Å². The minimum absolute atomic E-state index is 0.311. The molecule has 0 atom stereocenters. The molecule has 3 aromatic rings. The van der Waals surface area contributed by atoms with E-state index in [-0.39, 0.29) is 5.91 Å². The van der Waals surface area contributed by atoms with Gasteiger partial charge in [-0.15, -0.1) is 0 Å². The molecule has 0 aliphatic carbocycles. The summed E-state index contributed by atoms with van der Waals surface area (Å²) in [7, 11) is 3.07. The van der Waals surface area contributed by atoms with Gasteiger partial charge in [0.1, 0.15) is 11.5 Å². The van der Waals surface area contributed by atoms with E-state index in [0.717, 1.165) is 21.3 Å². The van der Waals surface area contributed by atoms with E-state index in [0.29, 0.717) is 22.9 Å². The average molecular weight is 416 g/mol. The van der Waals surface area contributed by atoms with E-state index < -0.39 is 0 Å². The fraction of sp³-hybridized carbons (Fsp3) is 0.158. The van der Waals surface area contributed by atoms with Crippen molar-refractivity contribution in [2.45, 2.75) is 6.92 Å². The molecule has 26 heavy (non-hydrogen) atoms. The Kier molecular flexibility index (Phi) is 5.27. The smallest absolute Gasteiger partial charge is 0.260 e. The van der Waals surface area contributed by atoms with E-state index in [1.165, 1.54) is 7.11 Å². The number of rotatable bonds is 5. The summed E-state index contributed by atoms with van der Waals surface area (Å²) in [6, 6.07) is 12.9. The summed E-state index contributed by atoms with van der Waals surface area (Å²) in [5, 5.41) is 10.0. The standard InChI is InChI=1S/C19H18BrN3O3/c1-11-17(12-4-6-13(20)7-5-12)18(23-22-11)21-19(24)15-9-8-14(25-2)10-16(15)26-3/h4-10H,1-3H3,(H2,21,22,23,24). The first-order valence-electron chi connectivity index (χ1n) is 7.87. The number of ether oxygens (including phenoxy) is 2. The molecule has 6 nitrogen and oxygen atoms in total. The summed E-state index contributed by atoms with van der Waals surface area (Å²) in [5.74, 6) is 1.20. The second-order valence-electron chi connectivity index (χ2n) is 5.60. The van der Waals surface area contributed by atoms with Crippen LogP contribution in [0.5, 0.6) is 11.5 Å². The van der Waals surface area contributed by atoms with Gasteiger partial charge in [-0.05, 0) is 36.8 Å². The number of anilines is 1. The molecule has 1 amide bonds. The van der Waals surface area contributed by atoms with Crippen LogP contribution in [0.2, 0.25) is 0 Å². The molecule has 0 radical (unpaired) electrons. The number of nitrogens with zero attached hydrogens (tertiary/aromatic N) is 1. The lowest BCUT2D eigenvalue weighted by molar-refractivity contribution is 0.102. The predicted octanol–water partition coefficient (Wildman–Crippen LogP) is 4.42. The third-order valence-electron chi connectivity index (χ3n) is 3.97. The van der Waals surface area contributed by atoms with E-state index in [1.54, 1.807) is 25.3 Å². The van der Waals surface area contributed by atoms with Crippen molar-refractivity contribution >= 4 is 27.7 Å². The van der Waals surface area contributed by atoms with Gasteiger partial charge < -0.3 is 14.8 Å². The Morgan fingerprint density at radius 3 is 2.50 bits per heavy atom. The van der Waals surface area contributed by atoms with E-state index >= 15 is 0 Å². The first-order valence-corrected chi connectivity index (χ1v) is 8.67. The van der Waals surface area contributed by atoms with Crippen molar-refractivity contribution in [2.75, 3.05) is 19.5 Å². The van der Waals surface area contributed by atoms with Gasteiger partial charge in [0.2, 0.25) is 0 Å². The Morgan fingerprint density at radius 2 is 1.85 bits per heavy atom. The maximum Gasteiger partial charge on any atom is 0.260 e. The zero-order valence-corrected chi connectivity index (χ0v) is 16.2. The first kappa shape index (κ1) is 18.0. The van der Waals surface area contributed by atoms with Gasteiger partial charge in [-0.25, -0.2) is 0 Å². The van der Waals surface area contributed by atoms with Crippen LogP contribution < -0.4 is 14.8 Å². The van der Waals surface area contributed by atoms with Crippen LogP contribution in [0.25, 0.3) is 11.1 Å². The summed E-state index contributed by atoms with van der Waals surface area (Å²) >= 11 is 3.43. The number of carbonyl (C=O) groups is 1. The van der Waals surface area contributed by atoms with E-state index in [4.69, 9.17) is 9.47 Å². The number of nitrogens with one attached hydrogen (secondary N) is 2. The first-order chi connectivity index (χ1) is 12.5. The maximum absolute atomic E-state index is 12.7.